The molecule has 94 valence electrons. The van der Waals surface area contributed by atoms with Gasteiger partial charge in [0.2, 0.25) is 0 Å². The standard InChI is InChI=1S/C14H22N2O/c1-4-8-17-11-14-7-5-6-13(16-14)10-15-9-12(2)3/h4-7,12,15H,1,8-11H2,2-3H3. The molecular formula is C14H22N2O. The van der Waals surface area contributed by atoms with Gasteiger partial charge in [0.05, 0.1) is 24.6 Å². The van der Waals surface area contributed by atoms with E-state index in [-0.39, 0.29) is 0 Å². The van der Waals surface area contributed by atoms with Gasteiger partial charge in [0.15, 0.2) is 0 Å². The van der Waals surface area contributed by atoms with Gasteiger partial charge in [0.1, 0.15) is 0 Å². The third kappa shape index (κ3) is 6.19. The molecule has 0 amide bonds. The van der Waals surface area contributed by atoms with E-state index in [1.807, 2.05) is 18.2 Å². The number of pyridine rings is 1. The molecule has 0 atom stereocenters. The molecule has 0 radical (unpaired) electrons. The number of ether oxygens (including phenoxy) is 1. The Labute approximate surface area is 104 Å². The van der Waals surface area contributed by atoms with Gasteiger partial charge in [-0.25, -0.2) is 0 Å². The van der Waals surface area contributed by atoms with Gasteiger partial charge >= 0.3 is 0 Å². The normalized spacial score (nSPS) is 10.8. The van der Waals surface area contributed by atoms with E-state index >= 15 is 0 Å². The van der Waals surface area contributed by atoms with E-state index in [1.165, 1.54) is 0 Å². The van der Waals surface area contributed by atoms with Crippen molar-refractivity contribution in [3.8, 4) is 0 Å². The van der Waals surface area contributed by atoms with Crippen molar-refractivity contribution in [3.63, 3.8) is 0 Å². The SMILES string of the molecule is C=CCOCc1cccc(CNCC(C)C)n1. The number of rotatable bonds is 8. The molecule has 0 saturated carbocycles. The summed E-state index contributed by atoms with van der Waals surface area (Å²) in [6.45, 7) is 10.9. The molecule has 17 heavy (non-hydrogen) atoms. The molecule has 1 rings (SSSR count). The zero-order chi connectivity index (χ0) is 12.5. The molecule has 0 aliphatic rings. The van der Waals surface area contributed by atoms with Crippen LogP contribution in [0.5, 0.6) is 0 Å². The van der Waals surface area contributed by atoms with Crippen LogP contribution in [0, 0.1) is 5.92 Å². The lowest BCUT2D eigenvalue weighted by atomic mass is 10.2. The van der Waals surface area contributed by atoms with E-state index in [9.17, 15) is 0 Å². The average Bonchev–Trinajstić information content (AvgIpc) is 2.29. The predicted molar refractivity (Wildman–Crippen MR) is 70.6 cm³/mol. The highest BCUT2D eigenvalue weighted by atomic mass is 16.5. The predicted octanol–water partition coefficient (Wildman–Crippen LogP) is 2.53. The third-order valence-corrected chi connectivity index (χ3v) is 2.21. The van der Waals surface area contributed by atoms with Crippen molar-refractivity contribution in [1.82, 2.24) is 10.3 Å². The second-order valence-corrected chi connectivity index (χ2v) is 4.45. The van der Waals surface area contributed by atoms with Gasteiger partial charge in [-0.2, -0.15) is 0 Å². The Kier molecular flexibility index (Phi) is 6.51. The summed E-state index contributed by atoms with van der Waals surface area (Å²) in [6.07, 6.45) is 1.74. The van der Waals surface area contributed by atoms with Crippen molar-refractivity contribution in [2.45, 2.75) is 27.0 Å². The van der Waals surface area contributed by atoms with Crippen LogP contribution in [0.25, 0.3) is 0 Å². The van der Waals surface area contributed by atoms with Crippen LogP contribution >= 0.6 is 0 Å². The largest absolute Gasteiger partial charge is 0.371 e. The van der Waals surface area contributed by atoms with Crippen molar-refractivity contribution >= 4 is 0 Å². The molecule has 0 saturated heterocycles. The minimum absolute atomic E-state index is 0.546. The number of aromatic nitrogens is 1. The Morgan fingerprint density at radius 2 is 2.18 bits per heavy atom. The van der Waals surface area contributed by atoms with E-state index in [0.29, 0.717) is 19.1 Å². The first-order chi connectivity index (χ1) is 8.22. The van der Waals surface area contributed by atoms with Gasteiger partial charge in [-0.3, -0.25) is 4.98 Å². The zero-order valence-corrected chi connectivity index (χ0v) is 10.8. The van der Waals surface area contributed by atoms with Gasteiger partial charge in [-0.15, -0.1) is 6.58 Å². The van der Waals surface area contributed by atoms with E-state index in [4.69, 9.17) is 4.74 Å². The van der Waals surface area contributed by atoms with Crippen molar-refractivity contribution in [3.05, 3.63) is 42.2 Å². The molecule has 3 heteroatoms. The van der Waals surface area contributed by atoms with Crippen molar-refractivity contribution in [2.24, 2.45) is 5.92 Å². The van der Waals surface area contributed by atoms with Crippen molar-refractivity contribution in [2.75, 3.05) is 13.2 Å². The maximum atomic E-state index is 5.37. The maximum absolute atomic E-state index is 5.37. The summed E-state index contributed by atoms with van der Waals surface area (Å²) in [5.41, 5.74) is 2.03. The minimum atomic E-state index is 0.546. The molecule has 1 aromatic heterocycles. The molecule has 3 nitrogen and oxygen atoms in total. The number of nitrogens with one attached hydrogen (secondary N) is 1. The van der Waals surface area contributed by atoms with E-state index in [0.717, 1.165) is 24.5 Å². The van der Waals surface area contributed by atoms with Crippen molar-refractivity contribution in [1.29, 1.82) is 0 Å². The molecule has 0 aromatic carbocycles. The Balaban J connectivity index is 2.39. The second-order valence-electron chi connectivity index (χ2n) is 4.45. The Morgan fingerprint density at radius 1 is 1.41 bits per heavy atom. The van der Waals surface area contributed by atoms with E-state index in [1.54, 1.807) is 6.08 Å². The number of hydrogen-bond acceptors (Lipinski definition) is 3. The molecule has 1 heterocycles. The number of hydrogen-bond donors (Lipinski definition) is 1. The lowest BCUT2D eigenvalue weighted by Crippen LogP contribution is -2.19. The first kappa shape index (κ1) is 13.9. The molecule has 0 aliphatic carbocycles. The van der Waals surface area contributed by atoms with Gasteiger partial charge in [0.25, 0.3) is 0 Å². The molecule has 0 aliphatic heterocycles. The summed E-state index contributed by atoms with van der Waals surface area (Å²) < 4.78 is 5.37. The summed E-state index contributed by atoms with van der Waals surface area (Å²) in [6, 6.07) is 6.03. The molecule has 0 fully saturated rings. The monoisotopic (exact) mass is 234 g/mol. The van der Waals surface area contributed by atoms with Gasteiger partial charge in [0, 0.05) is 6.54 Å². The lowest BCUT2D eigenvalue weighted by molar-refractivity contribution is 0.146. The summed E-state index contributed by atoms with van der Waals surface area (Å²) >= 11 is 0. The third-order valence-electron chi connectivity index (χ3n) is 2.21. The summed E-state index contributed by atoms with van der Waals surface area (Å²) in [4.78, 5) is 4.52. The van der Waals surface area contributed by atoms with Crippen LogP contribution < -0.4 is 5.32 Å². The topological polar surface area (TPSA) is 34.1 Å². The van der Waals surface area contributed by atoms with Gasteiger partial charge in [-0.1, -0.05) is 26.0 Å². The molecule has 0 spiro atoms. The summed E-state index contributed by atoms with van der Waals surface area (Å²) in [7, 11) is 0. The second kappa shape index (κ2) is 7.98. The zero-order valence-electron chi connectivity index (χ0n) is 10.8. The minimum Gasteiger partial charge on any atom is -0.371 e. The van der Waals surface area contributed by atoms with Gasteiger partial charge in [-0.05, 0) is 24.6 Å². The highest BCUT2D eigenvalue weighted by molar-refractivity contribution is 5.10. The number of nitrogens with zero attached hydrogens (tertiary/aromatic N) is 1. The van der Waals surface area contributed by atoms with Crippen molar-refractivity contribution < 1.29 is 4.74 Å². The lowest BCUT2D eigenvalue weighted by Gasteiger charge is -2.08. The fraction of sp³-hybridized carbons (Fsp3) is 0.500. The fourth-order valence-corrected chi connectivity index (χ4v) is 1.44. The quantitative estimate of drug-likeness (QED) is 0.554. The highest BCUT2D eigenvalue weighted by Crippen LogP contribution is 2.01. The fourth-order valence-electron chi connectivity index (χ4n) is 1.44. The molecule has 1 aromatic rings. The van der Waals surface area contributed by atoms with Crippen LogP contribution in [-0.2, 0) is 17.9 Å². The first-order valence-electron chi connectivity index (χ1n) is 6.06. The van der Waals surface area contributed by atoms with E-state index < -0.39 is 0 Å². The molecule has 0 unspecified atom stereocenters. The average molecular weight is 234 g/mol. The first-order valence-corrected chi connectivity index (χ1v) is 6.06. The Morgan fingerprint density at radius 3 is 2.88 bits per heavy atom. The smallest absolute Gasteiger partial charge is 0.0892 e. The van der Waals surface area contributed by atoms with Crippen LogP contribution in [0.2, 0.25) is 0 Å². The Bertz CT molecular complexity index is 337. The summed E-state index contributed by atoms with van der Waals surface area (Å²) in [5, 5.41) is 3.38. The molecule has 0 bridgehead atoms. The molecule has 1 N–H and O–H groups in total. The van der Waals surface area contributed by atoms with Crippen LogP contribution in [0.15, 0.2) is 30.9 Å². The Hall–Kier alpha value is -1.19. The van der Waals surface area contributed by atoms with Crippen LogP contribution in [0.3, 0.4) is 0 Å². The van der Waals surface area contributed by atoms with E-state index in [2.05, 4.69) is 30.7 Å². The summed E-state index contributed by atoms with van der Waals surface area (Å²) in [5.74, 6) is 0.661. The van der Waals surface area contributed by atoms with Gasteiger partial charge < -0.3 is 10.1 Å². The highest BCUT2D eigenvalue weighted by Gasteiger charge is 1.99. The molecular weight excluding hydrogens is 212 g/mol. The van der Waals surface area contributed by atoms with Crippen LogP contribution in [-0.4, -0.2) is 18.1 Å². The van der Waals surface area contributed by atoms with Crippen LogP contribution in [0.4, 0.5) is 0 Å². The maximum Gasteiger partial charge on any atom is 0.0892 e. The van der Waals surface area contributed by atoms with Crippen LogP contribution in [0.1, 0.15) is 25.2 Å².